The molecular formula is C18H18N2O4. The lowest BCUT2D eigenvalue weighted by molar-refractivity contribution is -0.144. The Kier molecular flexibility index (Phi) is 4.74. The third kappa shape index (κ3) is 3.53. The fourth-order valence-corrected chi connectivity index (χ4v) is 2.50. The molecule has 6 nitrogen and oxygen atoms in total. The summed E-state index contributed by atoms with van der Waals surface area (Å²) in [5.41, 5.74) is 1.37. The number of carbonyl (C=O) groups excluding carboxylic acids is 2. The molecule has 3 rings (SSSR count). The molecule has 0 bridgehead atoms. The van der Waals surface area contributed by atoms with E-state index >= 15 is 0 Å². The summed E-state index contributed by atoms with van der Waals surface area (Å²) in [7, 11) is 0. The van der Waals surface area contributed by atoms with Crippen molar-refractivity contribution in [2.45, 2.75) is 26.1 Å². The second-order valence-electron chi connectivity index (χ2n) is 5.45. The Morgan fingerprint density at radius 3 is 2.83 bits per heavy atom. The van der Waals surface area contributed by atoms with Gasteiger partial charge >= 0.3 is 5.97 Å². The highest BCUT2D eigenvalue weighted by Crippen LogP contribution is 2.33. The zero-order valence-corrected chi connectivity index (χ0v) is 13.3. The van der Waals surface area contributed by atoms with Crippen LogP contribution in [0, 0.1) is 0 Å². The molecule has 1 aliphatic heterocycles. The minimum absolute atomic E-state index is 0.111. The van der Waals surface area contributed by atoms with Gasteiger partial charge in [0.15, 0.2) is 6.10 Å². The van der Waals surface area contributed by atoms with Crippen molar-refractivity contribution >= 4 is 17.6 Å². The normalized spacial score (nSPS) is 16.3. The maximum atomic E-state index is 12.3. The molecule has 1 aromatic carbocycles. The van der Waals surface area contributed by atoms with Crippen molar-refractivity contribution in [3.63, 3.8) is 0 Å². The average molecular weight is 326 g/mol. The van der Waals surface area contributed by atoms with Crippen LogP contribution in [0.3, 0.4) is 0 Å². The van der Waals surface area contributed by atoms with Crippen LogP contribution in [0.4, 0.5) is 5.69 Å². The Balaban J connectivity index is 1.59. The smallest absolute Gasteiger partial charge is 0.307 e. The van der Waals surface area contributed by atoms with Gasteiger partial charge in [-0.25, -0.2) is 0 Å². The molecular weight excluding hydrogens is 308 g/mol. The van der Waals surface area contributed by atoms with E-state index in [9.17, 15) is 9.59 Å². The SMILES string of the molecule is C[C@H]1Oc2ccccc2N(CCC(=O)OCc2ccccn2)C1=O. The monoisotopic (exact) mass is 326 g/mol. The Labute approximate surface area is 140 Å². The predicted molar refractivity (Wildman–Crippen MR) is 87.5 cm³/mol. The van der Waals surface area contributed by atoms with Crippen molar-refractivity contribution in [3.8, 4) is 5.75 Å². The second kappa shape index (κ2) is 7.12. The number of para-hydroxylation sites is 2. The van der Waals surface area contributed by atoms with Gasteiger partial charge in [0.1, 0.15) is 12.4 Å². The third-order valence-electron chi connectivity index (χ3n) is 3.72. The molecule has 0 aliphatic carbocycles. The molecule has 0 N–H and O–H groups in total. The number of nitrogens with zero attached hydrogens (tertiary/aromatic N) is 2. The van der Waals surface area contributed by atoms with Gasteiger partial charge in [0.05, 0.1) is 17.8 Å². The van der Waals surface area contributed by atoms with Crippen LogP contribution in [0.25, 0.3) is 0 Å². The minimum atomic E-state index is -0.565. The first-order valence-corrected chi connectivity index (χ1v) is 7.78. The molecule has 0 spiro atoms. The van der Waals surface area contributed by atoms with Crippen molar-refractivity contribution in [1.82, 2.24) is 4.98 Å². The summed E-state index contributed by atoms with van der Waals surface area (Å²) in [6.07, 6.45) is 1.19. The Bertz CT molecular complexity index is 733. The number of esters is 1. The average Bonchev–Trinajstić information content (AvgIpc) is 2.61. The van der Waals surface area contributed by atoms with Gasteiger partial charge in [0.2, 0.25) is 0 Å². The van der Waals surface area contributed by atoms with Gasteiger partial charge < -0.3 is 14.4 Å². The summed E-state index contributed by atoms with van der Waals surface area (Å²) in [4.78, 5) is 29.9. The van der Waals surface area contributed by atoms with E-state index in [0.717, 1.165) is 0 Å². The molecule has 0 fully saturated rings. The molecule has 0 saturated heterocycles. The highest BCUT2D eigenvalue weighted by molar-refractivity contribution is 6.00. The predicted octanol–water partition coefficient (Wildman–Crippen LogP) is 2.33. The topological polar surface area (TPSA) is 68.7 Å². The van der Waals surface area contributed by atoms with Gasteiger partial charge in [-0.1, -0.05) is 18.2 Å². The molecule has 6 heteroatoms. The molecule has 2 heterocycles. The quantitative estimate of drug-likeness (QED) is 0.789. The largest absolute Gasteiger partial charge is 0.479 e. The number of ether oxygens (including phenoxy) is 2. The molecule has 0 radical (unpaired) electrons. The van der Waals surface area contributed by atoms with Gasteiger partial charge in [0, 0.05) is 12.7 Å². The Morgan fingerprint density at radius 2 is 2.04 bits per heavy atom. The lowest BCUT2D eigenvalue weighted by Crippen LogP contribution is -2.45. The maximum Gasteiger partial charge on any atom is 0.307 e. The second-order valence-corrected chi connectivity index (χ2v) is 5.45. The van der Waals surface area contributed by atoms with E-state index in [1.807, 2.05) is 24.3 Å². The number of aromatic nitrogens is 1. The van der Waals surface area contributed by atoms with Crippen molar-refractivity contribution in [2.24, 2.45) is 0 Å². The van der Waals surface area contributed by atoms with Crippen LogP contribution in [0.1, 0.15) is 19.0 Å². The first kappa shape index (κ1) is 16.0. The maximum absolute atomic E-state index is 12.3. The zero-order chi connectivity index (χ0) is 16.9. The number of anilines is 1. The number of rotatable bonds is 5. The number of amides is 1. The van der Waals surface area contributed by atoms with Gasteiger partial charge in [0.25, 0.3) is 5.91 Å². The summed E-state index contributed by atoms with van der Waals surface area (Å²) in [6, 6.07) is 12.7. The van der Waals surface area contributed by atoms with E-state index in [-0.39, 0.29) is 31.4 Å². The number of hydrogen-bond acceptors (Lipinski definition) is 5. The van der Waals surface area contributed by atoms with Crippen molar-refractivity contribution in [1.29, 1.82) is 0 Å². The van der Waals surface area contributed by atoms with Crippen molar-refractivity contribution < 1.29 is 19.1 Å². The number of carbonyl (C=O) groups is 2. The van der Waals surface area contributed by atoms with Crippen LogP contribution in [0.2, 0.25) is 0 Å². The fraction of sp³-hybridized carbons (Fsp3) is 0.278. The number of pyridine rings is 1. The summed E-state index contributed by atoms with van der Waals surface area (Å²) >= 11 is 0. The van der Waals surface area contributed by atoms with Crippen LogP contribution in [0.15, 0.2) is 48.7 Å². The van der Waals surface area contributed by atoms with Gasteiger partial charge in [-0.15, -0.1) is 0 Å². The van der Waals surface area contributed by atoms with Crippen LogP contribution in [-0.4, -0.2) is 29.5 Å². The number of hydrogen-bond donors (Lipinski definition) is 0. The van der Waals surface area contributed by atoms with Crippen LogP contribution >= 0.6 is 0 Å². The van der Waals surface area contributed by atoms with E-state index in [1.165, 1.54) is 0 Å². The Morgan fingerprint density at radius 1 is 1.25 bits per heavy atom. The summed E-state index contributed by atoms with van der Waals surface area (Å²) in [5, 5.41) is 0. The van der Waals surface area contributed by atoms with Gasteiger partial charge in [-0.2, -0.15) is 0 Å². The van der Waals surface area contributed by atoms with Crippen LogP contribution < -0.4 is 9.64 Å². The van der Waals surface area contributed by atoms with Crippen LogP contribution in [0.5, 0.6) is 5.75 Å². The van der Waals surface area contributed by atoms with E-state index in [1.54, 1.807) is 36.2 Å². The molecule has 124 valence electrons. The van der Waals surface area contributed by atoms with Crippen LogP contribution in [-0.2, 0) is 20.9 Å². The number of fused-ring (bicyclic) bond motifs is 1. The molecule has 1 aromatic heterocycles. The Hall–Kier alpha value is -2.89. The fourth-order valence-electron chi connectivity index (χ4n) is 2.50. The summed E-state index contributed by atoms with van der Waals surface area (Å²) < 4.78 is 10.8. The highest BCUT2D eigenvalue weighted by Gasteiger charge is 2.31. The standard InChI is InChI=1S/C18H18N2O4/c1-13-18(22)20(15-7-2-3-8-16(15)24-13)11-9-17(21)23-12-14-6-4-5-10-19-14/h2-8,10,13H,9,11-12H2,1H3/t13-/m1/s1. The lowest BCUT2D eigenvalue weighted by Gasteiger charge is -2.32. The number of benzene rings is 1. The van der Waals surface area contributed by atoms with E-state index in [4.69, 9.17) is 9.47 Å². The summed E-state index contributed by atoms with van der Waals surface area (Å²) in [5.74, 6) is 0.114. The molecule has 0 saturated carbocycles. The zero-order valence-electron chi connectivity index (χ0n) is 13.3. The summed E-state index contributed by atoms with van der Waals surface area (Å²) in [6.45, 7) is 2.08. The van der Waals surface area contributed by atoms with Crippen molar-refractivity contribution in [3.05, 3.63) is 54.4 Å². The van der Waals surface area contributed by atoms with E-state index < -0.39 is 6.10 Å². The minimum Gasteiger partial charge on any atom is -0.479 e. The molecule has 24 heavy (non-hydrogen) atoms. The molecule has 1 aliphatic rings. The lowest BCUT2D eigenvalue weighted by atomic mass is 10.2. The molecule has 2 aromatic rings. The highest BCUT2D eigenvalue weighted by atomic mass is 16.5. The van der Waals surface area contributed by atoms with E-state index in [0.29, 0.717) is 17.1 Å². The first-order chi connectivity index (χ1) is 11.6. The van der Waals surface area contributed by atoms with E-state index in [2.05, 4.69) is 4.98 Å². The molecule has 1 amide bonds. The van der Waals surface area contributed by atoms with Gasteiger partial charge in [-0.3, -0.25) is 14.6 Å². The molecule has 0 unspecified atom stereocenters. The van der Waals surface area contributed by atoms with Gasteiger partial charge in [-0.05, 0) is 31.2 Å². The first-order valence-electron chi connectivity index (χ1n) is 7.78. The van der Waals surface area contributed by atoms with Crippen molar-refractivity contribution in [2.75, 3.05) is 11.4 Å². The molecule has 1 atom stereocenters. The third-order valence-corrected chi connectivity index (χ3v) is 3.72.